The van der Waals surface area contributed by atoms with Crippen LogP contribution in [0, 0.1) is 0 Å². The fraction of sp³-hybridized carbons (Fsp3) is 0.0769. The first-order valence-electron chi connectivity index (χ1n) is 12.1. The first-order chi connectivity index (χ1) is 21.5. The van der Waals surface area contributed by atoms with Crippen LogP contribution in [-0.4, -0.2) is 18.6 Å². The highest BCUT2D eigenvalue weighted by molar-refractivity contribution is 7.94. The standard InChI is InChI=1S/C26H18F6N6O6S2/c27-25(28,29)19-9-13(3-7-21(19)39)35-37-15-1-5-17(23(11-15)45-44-43-33)18-6-2-16(12-24(18)46(34,41)42)38-36-14-4-8-22(40)20(10-14)26(30,31)32/h1-12,39-40H,33H2,(H2,34,41,42). The highest BCUT2D eigenvalue weighted by atomic mass is 32.2. The second-order valence-electron chi connectivity index (χ2n) is 8.95. The van der Waals surface area contributed by atoms with Crippen molar-refractivity contribution in [1.29, 1.82) is 0 Å². The second-order valence-corrected chi connectivity index (χ2v) is 11.2. The van der Waals surface area contributed by atoms with E-state index in [-0.39, 0.29) is 38.8 Å². The highest BCUT2D eigenvalue weighted by Gasteiger charge is 2.35. The third-order valence-electron chi connectivity index (χ3n) is 5.82. The normalized spacial score (nSPS) is 12.8. The molecule has 46 heavy (non-hydrogen) atoms. The number of benzene rings is 4. The van der Waals surface area contributed by atoms with Crippen molar-refractivity contribution in [2.24, 2.45) is 31.5 Å². The predicted molar refractivity (Wildman–Crippen MR) is 150 cm³/mol. The molecule has 242 valence electrons. The van der Waals surface area contributed by atoms with Crippen LogP contribution in [0.4, 0.5) is 49.1 Å². The van der Waals surface area contributed by atoms with Gasteiger partial charge in [0.25, 0.3) is 0 Å². The molecule has 0 amide bonds. The molecular weight excluding hydrogens is 670 g/mol. The topological polar surface area (TPSA) is 195 Å². The van der Waals surface area contributed by atoms with Gasteiger partial charge in [0, 0.05) is 10.5 Å². The van der Waals surface area contributed by atoms with Crippen molar-refractivity contribution >= 4 is 44.8 Å². The number of halogens is 6. The smallest absolute Gasteiger partial charge is 0.420 e. The predicted octanol–water partition coefficient (Wildman–Crippen LogP) is 8.11. The molecule has 12 nitrogen and oxygen atoms in total. The van der Waals surface area contributed by atoms with Crippen molar-refractivity contribution in [1.82, 2.24) is 0 Å². The first-order valence-corrected chi connectivity index (χ1v) is 14.4. The molecule has 6 N–H and O–H groups in total. The molecule has 0 atom stereocenters. The van der Waals surface area contributed by atoms with E-state index in [2.05, 4.69) is 25.4 Å². The van der Waals surface area contributed by atoms with E-state index < -0.39 is 49.9 Å². The molecule has 20 heteroatoms. The van der Waals surface area contributed by atoms with Gasteiger partial charge >= 0.3 is 12.4 Å². The summed E-state index contributed by atoms with van der Waals surface area (Å²) in [6.07, 6.45) is -9.72. The molecular formula is C26H18F6N6O6S2. The number of nitrogens with two attached hydrogens (primary N) is 2. The van der Waals surface area contributed by atoms with Crippen LogP contribution in [-0.2, 0) is 31.7 Å². The maximum atomic E-state index is 13.1. The molecule has 0 aromatic heterocycles. The van der Waals surface area contributed by atoms with E-state index in [1.807, 2.05) is 0 Å². The fourth-order valence-corrected chi connectivity index (χ4v) is 5.13. The van der Waals surface area contributed by atoms with Gasteiger partial charge in [-0.1, -0.05) is 12.1 Å². The Labute approximate surface area is 259 Å². The Bertz CT molecular complexity index is 1940. The Morgan fingerprint density at radius 2 is 1.07 bits per heavy atom. The summed E-state index contributed by atoms with van der Waals surface area (Å²) < 4.78 is 109. The van der Waals surface area contributed by atoms with Crippen molar-refractivity contribution in [3.05, 3.63) is 83.9 Å². The van der Waals surface area contributed by atoms with Gasteiger partial charge in [-0.3, -0.25) is 0 Å². The summed E-state index contributed by atoms with van der Waals surface area (Å²) in [7, 11) is -4.48. The van der Waals surface area contributed by atoms with E-state index in [1.165, 1.54) is 30.3 Å². The van der Waals surface area contributed by atoms with Crippen LogP contribution in [0.3, 0.4) is 0 Å². The van der Waals surface area contributed by atoms with E-state index in [9.17, 15) is 45.0 Å². The maximum Gasteiger partial charge on any atom is 0.420 e. The van der Waals surface area contributed by atoms with Gasteiger partial charge in [-0.15, -0.1) is 9.32 Å². The van der Waals surface area contributed by atoms with Crippen LogP contribution >= 0.6 is 12.0 Å². The molecule has 0 spiro atoms. The number of phenols is 2. The monoisotopic (exact) mass is 688 g/mol. The zero-order chi connectivity index (χ0) is 33.9. The summed E-state index contributed by atoms with van der Waals surface area (Å²) in [6.45, 7) is 0. The Morgan fingerprint density at radius 1 is 0.652 bits per heavy atom. The molecule has 0 fully saturated rings. The van der Waals surface area contributed by atoms with Gasteiger partial charge in [0.05, 0.1) is 50.8 Å². The van der Waals surface area contributed by atoms with Crippen LogP contribution in [0.1, 0.15) is 11.1 Å². The molecule has 0 aliphatic rings. The van der Waals surface area contributed by atoms with Gasteiger partial charge in [-0.2, -0.15) is 52.7 Å². The molecule has 4 aromatic carbocycles. The first kappa shape index (κ1) is 34.3. The zero-order valence-electron chi connectivity index (χ0n) is 22.5. The molecule has 0 bridgehead atoms. The summed E-state index contributed by atoms with van der Waals surface area (Å²) in [5, 5.41) is 39.5. The van der Waals surface area contributed by atoms with Crippen LogP contribution in [0.2, 0.25) is 0 Å². The van der Waals surface area contributed by atoms with E-state index in [4.69, 9.17) is 15.4 Å². The lowest BCUT2D eigenvalue weighted by atomic mass is 10.0. The average Bonchev–Trinajstić information content (AvgIpc) is 2.97. The number of sulfonamides is 1. The molecule has 0 aliphatic carbocycles. The Hall–Kier alpha value is -4.60. The average molecular weight is 689 g/mol. The van der Waals surface area contributed by atoms with E-state index >= 15 is 0 Å². The number of hydrogen-bond acceptors (Lipinski definition) is 12. The van der Waals surface area contributed by atoms with Gasteiger partial charge in [-0.05, 0) is 66.2 Å². The van der Waals surface area contributed by atoms with Crippen LogP contribution < -0.4 is 11.0 Å². The van der Waals surface area contributed by atoms with Crippen molar-refractivity contribution in [2.75, 3.05) is 0 Å². The quantitative estimate of drug-likeness (QED) is 0.0445. The lowest BCUT2D eigenvalue weighted by molar-refractivity contribution is -0.195. The third kappa shape index (κ3) is 8.35. The van der Waals surface area contributed by atoms with E-state index in [1.54, 1.807) is 0 Å². The van der Waals surface area contributed by atoms with Gasteiger partial charge in [0.1, 0.15) is 11.5 Å². The summed E-state index contributed by atoms with van der Waals surface area (Å²) in [4.78, 5) is 3.74. The highest BCUT2D eigenvalue weighted by Crippen LogP contribution is 2.42. The number of rotatable bonds is 9. The van der Waals surface area contributed by atoms with Crippen LogP contribution in [0.15, 0.2) is 103 Å². The molecule has 4 aromatic rings. The van der Waals surface area contributed by atoms with E-state index in [0.29, 0.717) is 24.2 Å². The van der Waals surface area contributed by atoms with Crippen molar-refractivity contribution in [3.63, 3.8) is 0 Å². The molecule has 0 heterocycles. The molecule has 0 unspecified atom stereocenters. The van der Waals surface area contributed by atoms with Crippen molar-refractivity contribution in [3.8, 4) is 22.6 Å². The van der Waals surface area contributed by atoms with Crippen molar-refractivity contribution in [2.45, 2.75) is 22.1 Å². The second kappa shape index (κ2) is 13.4. The lowest BCUT2D eigenvalue weighted by Gasteiger charge is -2.13. The Balaban J connectivity index is 1.72. The molecule has 4 rings (SSSR count). The summed E-state index contributed by atoms with van der Waals surface area (Å²) in [5.74, 6) is 2.91. The van der Waals surface area contributed by atoms with Gasteiger partial charge < -0.3 is 10.2 Å². The number of alkyl halides is 6. The largest absolute Gasteiger partial charge is 0.507 e. The number of hydrogen-bond donors (Lipinski definition) is 4. The molecule has 0 aliphatic heterocycles. The minimum atomic E-state index is -4.87. The minimum absolute atomic E-state index is 0.00888. The van der Waals surface area contributed by atoms with Crippen LogP contribution in [0.5, 0.6) is 11.5 Å². The minimum Gasteiger partial charge on any atom is -0.507 e. The molecule has 0 saturated carbocycles. The van der Waals surface area contributed by atoms with E-state index in [0.717, 1.165) is 30.3 Å². The summed E-state index contributed by atoms with van der Waals surface area (Å²) in [5.41, 5.74) is -3.13. The number of aromatic hydroxyl groups is 2. The van der Waals surface area contributed by atoms with Gasteiger partial charge in [0.2, 0.25) is 10.0 Å². The van der Waals surface area contributed by atoms with Crippen LogP contribution in [0.25, 0.3) is 11.1 Å². The Kier molecular flexibility index (Phi) is 9.99. The Morgan fingerprint density at radius 3 is 1.50 bits per heavy atom. The third-order valence-corrected chi connectivity index (χ3v) is 7.44. The SMILES string of the molecule is NOOSc1cc(N=Nc2ccc(O)c(C(F)(F)F)c2)ccc1-c1ccc(N=Nc2ccc(O)c(C(F)(F)F)c2)cc1S(N)(=O)=O. The lowest BCUT2D eigenvalue weighted by Crippen LogP contribution is -2.13. The maximum absolute atomic E-state index is 13.1. The molecule has 0 saturated heterocycles. The summed E-state index contributed by atoms with van der Waals surface area (Å²) in [6, 6.07) is 12.4. The van der Waals surface area contributed by atoms with Gasteiger partial charge in [-0.25, -0.2) is 13.6 Å². The number of azo groups is 2. The number of nitrogens with zero attached hydrogens (tertiary/aromatic N) is 4. The molecule has 0 radical (unpaired) electrons. The number of primary sulfonamides is 1. The van der Waals surface area contributed by atoms with Gasteiger partial charge in [0.15, 0.2) is 0 Å². The number of phenolic OH excluding ortho intramolecular Hbond substituents is 2. The van der Waals surface area contributed by atoms with Crippen molar-refractivity contribution < 1.29 is 54.3 Å². The zero-order valence-corrected chi connectivity index (χ0v) is 24.1. The summed E-state index contributed by atoms with van der Waals surface area (Å²) >= 11 is 0.500. The fourth-order valence-electron chi connectivity index (χ4n) is 3.81.